The number of carbonyl (C=O) groups excluding carboxylic acids is 2. The van der Waals surface area contributed by atoms with E-state index < -0.39 is 5.82 Å². The third-order valence-corrected chi connectivity index (χ3v) is 3.49. The topological polar surface area (TPSA) is 40.6 Å². The second-order valence-corrected chi connectivity index (χ2v) is 4.90. The van der Waals surface area contributed by atoms with E-state index in [-0.39, 0.29) is 17.4 Å². The van der Waals surface area contributed by atoms with Crippen LogP contribution in [0.25, 0.3) is 0 Å². The van der Waals surface area contributed by atoms with E-state index in [9.17, 15) is 14.0 Å². The Kier molecular flexibility index (Phi) is 4.71. The van der Waals surface area contributed by atoms with E-state index in [0.29, 0.717) is 32.6 Å². The van der Waals surface area contributed by atoms with Crippen molar-refractivity contribution in [3.05, 3.63) is 35.6 Å². The van der Waals surface area contributed by atoms with Crippen molar-refractivity contribution in [1.29, 1.82) is 0 Å². The minimum absolute atomic E-state index is 0.0980. The molecule has 1 saturated heterocycles. The van der Waals surface area contributed by atoms with Crippen molar-refractivity contribution in [2.75, 3.05) is 26.2 Å². The molecule has 4 nitrogen and oxygen atoms in total. The smallest absolute Gasteiger partial charge is 0.256 e. The zero-order valence-corrected chi connectivity index (χ0v) is 11.6. The van der Waals surface area contributed by atoms with Crippen LogP contribution < -0.4 is 0 Å². The minimum Gasteiger partial charge on any atom is -0.339 e. The lowest BCUT2D eigenvalue weighted by Crippen LogP contribution is -2.50. The highest BCUT2D eigenvalue weighted by atomic mass is 19.1. The summed E-state index contributed by atoms with van der Waals surface area (Å²) < 4.78 is 13.6. The fourth-order valence-corrected chi connectivity index (χ4v) is 2.34. The van der Waals surface area contributed by atoms with Gasteiger partial charge in [0.1, 0.15) is 5.82 Å². The van der Waals surface area contributed by atoms with Crippen molar-refractivity contribution in [1.82, 2.24) is 9.80 Å². The Hall–Kier alpha value is -1.91. The lowest BCUT2D eigenvalue weighted by molar-refractivity contribution is -0.132. The van der Waals surface area contributed by atoms with Gasteiger partial charge in [0, 0.05) is 32.6 Å². The van der Waals surface area contributed by atoms with Crippen molar-refractivity contribution < 1.29 is 14.0 Å². The molecule has 20 heavy (non-hydrogen) atoms. The molecular weight excluding hydrogens is 259 g/mol. The molecule has 1 aromatic carbocycles. The Morgan fingerprint density at radius 3 is 2.30 bits per heavy atom. The maximum absolute atomic E-state index is 13.6. The predicted octanol–water partition coefficient (Wildman–Crippen LogP) is 1.91. The fourth-order valence-electron chi connectivity index (χ4n) is 2.34. The minimum atomic E-state index is -0.498. The fraction of sp³-hybridized carbons (Fsp3) is 0.467. The maximum atomic E-state index is 13.6. The number of nitrogens with zero attached hydrogens (tertiary/aromatic N) is 2. The van der Waals surface area contributed by atoms with Gasteiger partial charge in [-0.3, -0.25) is 9.59 Å². The van der Waals surface area contributed by atoms with Crippen LogP contribution in [0.2, 0.25) is 0 Å². The van der Waals surface area contributed by atoms with Gasteiger partial charge in [0.05, 0.1) is 5.56 Å². The first-order valence-corrected chi connectivity index (χ1v) is 6.95. The molecular formula is C15H19FN2O2. The van der Waals surface area contributed by atoms with Gasteiger partial charge in [-0.15, -0.1) is 0 Å². The van der Waals surface area contributed by atoms with E-state index in [0.717, 1.165) is 6.42 Å². The van der Waals surface area contributed by atoms with Crippen molar-refractivity contribution in [2.24, 2.45) is 0 Å². The Morgan fingerprint density at radius 1 is 1.10 bits per heavy atom. The highest BCUT2D eigenvalue weighted by molar-refractivity contribution is 5.94. The van der Waals surface area contributed by atoms with Crippen LogP contribution in [0.1, 0.15) is 30.1 Å². The number of rotatable bonds is 3. The van der Waals surface area contributed by atoms with E-state index in [4.69, 9.17) is 0 Å². The van der Waals surface area contributed by atoms with Gasteiger partial charge in [-0.25, -0.2) is 4.39 Å². The lowest BCUT2D eigenvalue weighted by Gasteiger charge is -2.34. The van der Waals surface area contributed by atoms with Crippen LogP contribution in [-0.4, -0.2) is 47.8 Å². The van der Waals surface area contributed by atoms with Crippen LogP contribution in [0.15, 0.2) is 24.3 Å². The Labute approximate surface area is 118 Å². The molecule has 1 aliphatic rings. The number of hydrogen-bond donors (Lipinski definition) is 0. The highest BCUT2D eigenvalue weighted by Gasteiger charge is 2.25. The van der Waals surface area contributed by atoms with E-state index in [2.05, 4.69) is 0 Å². The average molecular weight is 278 g/mol. The summed E-state index contributed by atoms with van der Waals surface area (Å²) in [5.41, 5.74) is 0.0980. The summed E-state index contributed by atoms with van der Waals surface area (Å²) in [6, 6.07) is 5.99. The summed E-state index contributed by atoms with van der Waals surface area (Å²) in [6.45, 7) is 3.94. The second kappa shape index (κ2) is 6.50. The summed E-state index contributed by atoms with van der Waals surface area (Å²) in [5, 5.41) is 0. The van der Waals surface area contributed by atoms with Crippen LogP contribution in [0.5, 0.6) is 0 Å². The summed E-state index contributed by atoms with van der Waals surface area (Å²) >= 11 is 0. The predicted molar refractivity (Wildman–Crippen MR) is 73.8 cm³/mol. The number of carbonyl (C=O) groups is 2. The Balaban J connectivity index is 1.96. The number of halogens is 1. The molecule has 1 aromatic rings. The number of amides is 2. The molecule has 1 aliphatic heterocycles. The highest BCUT2D eigenvalue weighted by Crippen LogP contribution is 2.13. The van der Waals surface area contributed by atoms with Crippen molar-refractivity contribution in [2.45, 2.75) is 19.8 Å². The largest absolute Gasteiger partial charge is 0.339 e. The summed E-state index contributed by atoms with van der Waals surface area (Å²) in [6.07, 6.45) is 1.37. The van der Waals surface area contributed by atoms with E-state index in [1.54, 1.807) is 21.9 Å². The summed E-state index contributed by atoms with van der Waals surface area (Å²) in [7, 11) is 0. The first-order chi connectivity index (χ1) is 9.63. The van der Waals surface area contributed by atoms with E-state index in [1.165, 1.54) is 12.1 Å². The molecule has 0 atom stereocenters. The van der Waals surface area contributed by atoms with Crippen molar-refractivity contribution in [3.63, 3.8) is 0 Å². The molecule has 0 bridgehead atoms. The molecule has 0 unspecified atom stereocenters. The zero-order valence-electron chi connectivity index (χ0n) is 11.6. The van der Waals surface area contributed by atoms with Gasteiger partial charge >= 0.3 is 0 Å². The lowest BCUT2D eigenvalue weighted by atomic mass is 10.1. The molecule has 108 valence electrons. The molecule has 0 N–H and O–H groups in total. The van der Waals surface area contributed by atoms with E-state index >= 15 is 0 Å². The van der Waals surface area contributed by atoms with Crippen molar-refractivity contribution >= 4 is 11.8 Å². The van der Waals surface area contributed by atoms with Gasteiger partial charge in [0.15, 0.2) is 0 Å². The number of hydrogen-bond acceptors (Lipinski definition) is 2. The van der Waals surface area contributed by atoms with Gasteiger partial charge in [-0.05, 0) is 18.6 Å². The van der Waals surface area contributed by atoms with Gasteiger partial charge < -0.3 is 9.80 Å². The first kappa shape index (κ1) is 14.5. The summed E-state index contributed by atoms with van der Waals surface area (Å²) in [4.78, 5) is 27.3. The van der Waals surface area contributed by atoms with Crippen LogP contribution in [0.4, 0.5) is 4.39 Å². The zero-order chi connectivity index (χ0) is 14.5. The SMILES string of the molecule is CCCC(=O)N1CCN(C(=O)c2ccccc2F)CC1. The molecule has 1 heterocycles. The third-order valence-electron chi connectivity index (χ3n) is 3.49. The van der Waals surface area contributed by atoms with Gasteiger partial charge in [0.2, 0.25) is 5.91 Å². The molecule has 2 amide bonds. The van der Waals surface area contributed by atoms with Crippen LogP contribution in [0.3, 0.4) is 0 Å². The molecule has 0 saturated carbocycles. The Bertz CT molecular complexity index is 496. The van der Waals surface area contributed by atoms with E-state index in [1.807, 2.05) is 6.92 Å². The molecule has 0 spiro atoms. The average Bonchev–Trinajstić information content (AvgIpc) is 2.47. The molecule has 0 aromatic heterocycles. The first-order valence-electron chi connectivity index (χ1n) is 6.95. The quantitative estimate of drug-likeness (QED) is 0.847. The van der Waals surface area contributed by atoms with Gasteiger partial charge in [-0.1, -0.05) is 19.1 Å². The second-order valence-electron chi connectivity index (χ2n) is 4.90. The van der Waals surface area contributed by atoms with Gasteiger partial charge in [0.25, 0.3) is 5.91 Å². The monoisotopic (exact) mass is 278 g/mol. The molecule has 0 radical (unpaired) electrons. The normalized spacial score (nSPS) is 15.3. The van der Waals surface area contributed by atoms with Gasteiger partial charge in [-0.2, -0.15) is 0 Å². The maximum Gasteiger partial charge on any atom is 0.256 e. The van der Waals surface area contributed by atoms with Crippen LogP contribution in [0, 0.1) is 5.82 Å². The molecule has 0 aliphatic carbocycles. The molecule has 1 fully saturated rings. The Morgan fingerprint density at radius 2 is 1.70 bits per heavy atom. The van der Waals surface area contributed by atoms with Crippen LogP contribution >= 0.6 is 0 Å². The molecule has 2 rings (SSSR count). The van der Waals surface area contributed by atoms with Crippen LogP contribution in [-0.2, 0) is 4.79 Å². The third kappa shape index (κ3) is 3.15. The standard InChI is InChI=1S/C15H19FN2O2/c1-2-5-14(19)17-8-10-18(11-9-17)15(20)12-6-3-4-7-13(12)16/h3-4,6-7H,2,5,8-11H2,1H3. The number of benzene rings is 1. The number of piperazine rings is 1. The van der Waals surface area contributed by atoms with Crippen molar-refractivity contribution in [3.8, 4) is 0 Å². The molecule has 5 heteroatoms. The summed E-state index contributed by atoms with van der Waals surface area (Å²) in [5.74, 6) is -0.668.